The summed E-state index contributed by atoms with van der Waals surface area (Å²) in [5, 5.41) is 0. The molecule has 0 aliphatic carbocycles. The second-order valence-electron chi connectivity index (χ2n) is 4.56. The largest absolute Gasteiger partial charge is 0.450 e. The maximum Gasteiger partial charge on any atom is 0.450 e. The zero-order valence-electron chi connectivity index (χ0n) is 10.5. The number of alkyl halides is 3. The number of ketones is 1. The van der Waals surface area contributed by atoms with E-state index in [0.29, 0.717) is 11.3 Å². The minimum absolute atomic E-state index is 0.481. The Kier molecular flexibility index (Phi) is 4.04. The van der Waals surface area contributed by atoms with Gasteiger partial charge < -0.3 is 5.73 Å². The van der Waals surface area contributed by atoms with Crippen molar-refractivity contribution in [2.24, 2.45) is 5.92 Å². The van der Waals surface area contributed by atoms with Crippen molar-refractivity contribution in [2.45, 2.75) is 32.9 Å². The number of nitrogens with two attached hydrogens (primary N) is 1. The van der Waals surface area contributed by atoms with Crippen LogP contribution in [0, 0.1) is 12.8 Å². The quantitative estimate of drug-likeness (QED) is 0.845. The molecule has 5 heteroatoms. The highest BCUT2D eigenvalue weighted by atomic mass is 19.4. The van der Waals surface area contributed by atoms with E-state index < -0.39 is 23.8 Å². The molecule has 2 N–H and O–H groups in total. The van der Waals surface area contributed by atoms with Crippen LogP contribution in [0.25, 0.3) is 0 Å². The second kappa shape index (κ2) is 5.00. The second-order valence-corrected chi connectivity index (χ2v) is 4.56. The third-order valence-corrected chi connectivity index (χ3v) is 3.24. The van der Waals surface area contributed by atoms with Gasteiger partial charge in [-0.25, -0.2) is 0 Å². The van der Waals surface area contributed by atoms with Crippen molar-refractivity contribution < 1.29 is 18.0 Å². The number of benzene rings is 1. The predicted octanol–water partition coefficient (Wildman–Crippen LogP) is 3.45. The fourth-order valence-corrected chi connectivity index (χ4v) is 1.90. The summed E-state index contributed by atoms with van der Waals surface area (Å²) in [6.07, 6.45) is -4.79. The van der Waals surface area contributed by atoms with Gasteiger partial charge >= 0.3 is 6.18 Å². The molecular weight excluding hydrogens is 243 g/mol. The zero-order chi connectivity index (χ0) is 14.1. The molecule has 18 heavy (non-hydrogen) atoms. The van der Waals surface area contributed by atoms with Crippen molar-refractivity contribution in [3.63, 3.8) is 0 Å². The lowest BCUT2D eigenvalue weighted by Gasteiger charge is -2.22. The van der Waals surface area contributed by atoms with Crippen LogP contribution in [0.15, 0.2) is 18.2 Å². The average Bonchev–Trinajstić information content (AvgIpc) is 2.28. The van der Waals surface area contributed by atoms with E-state index in [2.05, 4.69) is 0 Å². The number of halogens is 3. The lowest BCUT2D eigenvalue weighted by atomic mass is 9.83. The molecule has 0 heterocycles. The number of hydrogen-bond acceptors (Lipinski definition) is 2. The van der Waals surface area contributed by atoms with Gasteiger partial charge in [0, 0.05) is 11.6 Å². The maximum atomic E-state index is 12.4. The number of rotatable bonds is 3. The minimum Gasteiger partial charge on any atom is -0.399 e. The molecule has 0 saturated heterocycles. The van der Waals surface area contributed by atoms with Crippen LogP contribution < -0.4 is 5.73 Å². The number of carbonyl (C=O) groups excluding carboxylic acids is 1. The van der Waals surface area contributed by atoms with Gasteiger partial charge in [0.2, 0.25) is 5.78 Å². The van der Waals surface area contributed by atoms with Crippen LogP contribution in [-0.2, 0) is 4.79 Å². The first-order valence-electron chi connectivity index (χ1n) is 5.61. The van der Waals surface area contributed by atoms with Crippen molar-refractivity contribution in [3.8, 4) is 0 Å². The molecule has 2 nitrogen and oxygen atoms in total. The van der Waals surface area contributed by atoms with Gasteiger partial charge in [-0.2, -0.15) is 13.2 Å². The topological polar surface area (TPSA) is 43.1 Å². The molecule has 0 aliphatic heterocycles. The van der Waals surface area contributed by atoms with Crippen LogP contribution >= 0.6 is 0 Å². The molecule has 0 amide bonds. The first-order chi connectivity index (χ1) is 8.14. The van der Waals surface area contributed by atoms with Crippen molar-refractivity contribution in [1.29, 1.82) is 0 Å². The highest BCUT2D eigenvalue weighted by molar-refractivity contribution is 5.86. The van der Waals surface area contributed by atoms with Gasteiger partial charge in [-0.05, 0) is 36.1 Å². The van der Waals surface area contributed by atoms with Gasteiger partial charge in [0.15, 0.2) is 0 Å². The van der Waals surface area contributed by atoms with E-state index in [0.717, 1.165) is 5.56 Å². The van der Waals surface area contributed by atoms with Crippen LogP contribution in [-0.4, -0.2) is 12.0 Å². The highest BCUT2D eigenvalue weighted by Crippen LogP contribution is 2.33. The minimum atomic E-state index is -4.79. The molecule has 0 fully saturated rings. The van der Waals surface area contributed by atoms with E-state index in [1.807, 2.05) is 0 Å². The van der Waals surface area contributed by atoms with Crippen molar-refractivity contribution in [1.82, 2.24) is 0 Å². The van der Waals surface area contributed by atoms with E-state index >= 15 is 0 Å². The number of aryl methyl sites for hydroxylation is 1. The summed E-state index contributed by atoms with van der Waals surface area (Å²) in [6.45, 7) is 4.69. The molecule has 1 aromatic rings. The molecule has 0 aromatic heterocycles. The van der Waals surface area contributed by atoms with Crippen molar-refractivity contribution in [2.75, 3.05) is 5.73 Å². The van der Waals surface area contributed by atoms with E-state index in [-0.39, 0.29) is 0 Å². The van der Waals surface area contributed by atoms with Crippen LogP contribution in [0.2, 0.25) is 0 Å². The fraction of sp³-hybridized carbons (Fsp3) is 0.462. The highest BCUT2D eigenvalue weighted by Gasteiger charge is 2.43. The van der Waals surface area contributed by atoms with Gasteiger partial charge in [0.05, 0.1) is 0 Å². The Balaban J connectivity index is 3.03. The van der Waals surface area contributed by atoms with Crippen LogP contribution in [0.3, 0.4) is 0 Å². The Hall–Kier alpha value is -1.52. The number of Topliss-reactive ketones (excluding diaryl/α,β-unsaturated/α-hetero) is 1. The summed E-state index contributed by atoms with van der Waals surface area (Å²) in [7, 11) is 0. The molecule has 0 saturated carbocycles. The molecule has 0 spiro atoms. The molecule has 0 aliphatic rings. The number of hydrogen-bond donors (Lipinski definition) is 1. The lowest BCUT2D eigenvalue weighted by Crippen LogP contribution is -2.31. The molecule has 0 radical (unpaired) electrons. The summed E-state index contributed by atoms with van der Waals surface area (Å²) < 4.78 is 37.1. The Morgan fingerprint density at radius 2 is 1.83 bits per heavy atom. The summed E-state index contributed by atoms with van der Waals surface area (Å²) >= 11 is 0. The number of nitrogen functional groups attached to an aromatic ring is 1. The van der Waals surface area contributed by atoms with Crippen LogP contribution in [0.4, 0.5) is 18.9 Å². The molecule has 1 rings (SSSR count). The standard InChI is InChI=1S/C13H16F3NO/c1-7-4-5-10(17)6-11(7)8(2)9(3)12(18)13(14,15)16/h4-6,8-9H,17H2,1-3H3. The van der Waals surface area contributed by atoms with E-state index in [1.165, 1.54) is 6.92 Å². The number of anilines is 1. The third-order valence-electron chi connectivity index (χ3n) is 3.24. The Morgan fingerprint density at radius 3 is 2.33 bits per heavy atom. The van der Waals surface area contributed by atoms with Crippen LogP contribution in [0.1, 0.15) is 30.9 Å². The summed E-state index contributed by atoms with van der Waals surface area (Å²) in [5.41, 5.74) is 7.61. The molecule has 2 atom stereocenters. The van der Waals surface area contributed by atoms with Crippen molar-refractivity contribution >= 4 is 11.5 Å². The van der Waals surface area contributed by atoms with E-state index in [4.69, 9.17) is 5.73 Å². The molecule has 1 aromatic carbocycles. The first-order valence-corrected chi connectivity index (χ1v) is 5.61. The predicted molar refractivity (Wildman–Crippen MR) is 64.2 cm³/mol. The normalized spacial score (nSPS) is 15.2. The average molecular weight is 259 g/mol. The zero-order valence-corrected chi connectivity index (χ0v) is 10.5. The van der Waals surface area contributed by atoms with Crippen molar-refractivity contribution in [3.05, 3.63) is 29.3 Å². The summed E-state index contributed by atoms with van der Waals surface area (Å²) in [4.78, 5) is 11.2. The van der Waals surface area contributed by atoms with Gasteiger partial charge in [0.1, 0.15) is 0 Å². The SMILES string of the molecule is Cc1ccc(N)cc1C(C)C(C)C(=O)C(F)(F)F. The van der Waals surface area contributed by atoms with Gasteiger partial charge in [0.25, 0.3) is 0 Å². The van der Waals surface area contributed by atoms with E-state index in [9.17, 15) is 18.0 Å². The Labute approximate surface area is 104 Å². The Bertz CT molecular complexity index is 454. The molecule has 0 bridgehead atoms. The lowest BCUT2D eigenvalue weighted by molar-refractivity contribution is -0.175. The van der Waals surface area contributed by atoms with Gasteiger partial charge in [-0.15, -0.1) is 0 Å². The molecular formula is C13H16F3NO. The van der Waals surface area contributed by atoms with Crippen LogP contribution in [0.5, 0.6) is 0 Å². The number of carbonyl (C=O) groups is 1. The fourth-order valence-electron chi connectivity index (χ4n) is 1.90. The van der Waals surface area contributed by atoms with E-state index in [1.54, 1.807) is 32.0 Å². The van der Waals surface area contributed by atoms with Gasteiger partial charge in [-0.3, -0.25) is 4.79 Å². The Morgan fingerprint density at radius 1 is 1.28 bits per heavy atom. The van der Waals surface area contributed by atoms with Gasteiger partial charge in [-0.1, -0.05) is 19.9 Å². The molecule has 2 unspecified atom stereocenters. The maximum absolute atomic E-state index is 12.4. The molecule has 100 valence electrons. The smallest absolute Gasteiger partial charge is 0.399 e. The monoisotopic (exact) mass is 259 g/mol. The summed E-state index contributed by atoms with van der Waals surface area (Å²) in [6, 6.07) is 5.05. The first kappa shape index (κ1) is 14.5. The summed E-state index contributed by atoms with van der Waals surface area (Å²) in [5.74, 6) is -3.34. The third kappa shape index (κ3) is 3.03.